The van der Waals surface area contributed by atoms with Gasteiger partial charge in [0.2, 0.25) is 0 Å². The van der Waals surface area contributed by atoms with Crippen molar-refractivity contribution in [2.45, 2.75) is 43.2 Å². The number of rotatable bonds is 4. The van der Waals surface area contributed by atoms with Crippen LogP contribution in [0.15, 0.2) is 42.6 Å². The quantitative estimate of drug-likeness (QED) is 0.449. The van der Waals surface area contributed by atoms with E-state index in [-0.39, 0.29) is 28.9 Å². The number of carbonyl (C=O) groups excluding carboxylic acids is 1. The third kappa shape index (κ3) is 4.37. The molecule has 8 nitrogen and oxygen atoms in total. The van der Waals surface area contributed by atoms with Gasteiger partial charge < -0.3 is 30.5 Å². The average molecular weight is 466 g/mol. The summed E-state index contributed by atoms with van der Waals surface area (Å²) in [5.41, 5.74) is -1.52. The van der Waals surface area contributed by atoms with Crippen LogP contribution in [0.25, 0.3) is 11.1 Å². The molecule has 1 aromatic carbocycles. The number of nitrogens with one attached hydrogen (secondary N) is 1. The lowest BCUT2D eigenvalue weighted by Crippen LogP contribution is -2.61. The predicted molar refractivity (Wildman–Crippen MR) is 110 cm³/mol. The van der Waals surface area contributed by atoms with Crippen LogP contribution in [0.3, 0.4) is 0 Å². The molecule has 5 N–H and O–H groups in total. The first-order valence-corrected chi connectivity index (χ1v) is 10.1. The SMILES string of the molecule is O=C1Cc2cc(NC3C(O)OC(CO)[C@@H](O)[C@@H]3O)ccc2C(C(F)(F)F)=C1c1ccccn1. The largest absolute Gasteiger partial charge is 0.417 e. The lowest BCUT2D eigenvalue weighted by Gasteiger charge is -2.40. The van der Waals surface area contributed by atoms with E-state index in [9.17, 15) is 33.3 Å². The Kier molecular flexibility index (Phi) is 6.25. The van der Waals surface area contributed by atoms with Crippen LogP contribution < -0.4 is 5.32 Å². The number of allylic oxidation sites excluding steroid dienone is 2. The van der Waals surface area contributed by atoms with Gasteiger partial charge in [0.25, 0.3) is 0 Å². The van der Waals surface area contributed by atoms with Crippen molar-refractivity contribution < 1.29 is 43.1 Å². The molecule has 0 spiro atoms. The Labute approximate surface area is 186 Å². The van der Waals surface area contributed by atoms with Crippen LogP contribution in [0.4, 0.5) is 18.9 Å². The first kappa shape index (κ1) is 23.3. The number of alkyl halides is 3. The Morgan fingerprint density at radius 1 is 1.12 bits per heavy atom. The van der Waals surface area contributed by atoms with Gasteiger partial charge in [0.05, 0.1) is 23.4 Å². The van der Waals surface area contributed by atoms with E-state index in [4.69, 9.17) is 9.84 Å². The van der Waals surface area contributed by atoms with Crippen molar-refractivity contribution in [2.24, 2.45) is 0 Å². The van der Waals surface area contributed by atoms with Crippen LogP contribution in [0, 0.1) is 0 Å². The van der Waals surface area contributed by atoms with Gasteiger partial charge in [0.15, 0.2) is 12.1 Å². The summed E-state index contributed by atoms with van der Waals surface area (Å²) in [6, 6.07) is 6.97. The van der Waals surface area contributed by atoms with Crippen LogP contribution in [-0.4, -0.2) is 74.6 Å². The zero-order valence-electron chi connectivity index (χ0n) is 17.0. The van der Waals surface area contributed by atoms with Gasteiger partial charge in [0.1, 0.15) is 24.4 Å². The summed E-state index contributed by atoms with van der Waals surface area (Å²) in [4.78, 5) is 16.7. The van der Waals surface area contributed by atoms with E-state index in [0.29, 0.717) is 0 Å². The molecule has 1 aliphatic heterocycles. The maximum Gasteiger partial charge on any atom is 0.417 e. The number of pyridine rings is 1. The number of aliphatic hydroxyl groups is 4. The minimum absolute atomic E-state index is 0.0688. The van der Waals surface area contributed by atoms with Gasteiger partial charge in [-0.15, -0.1) is 0 Å². The van der Waals surface area contributed by atoms with E-state index in [1.807, 2.05) is 0 Å². The van der Waals surface area contributed by atoms with Crippen molar-refractivity contribution >= 4 is 22.6 Å². The summed E-state index contributed by atoms with van der Waals surface area (Å²) in [5.74, 6) is -0.743. The molecule has 176 valence electrons. The topological polar surface area (TPSA) is 132 Å². The number of hydrogen-bond acceptors (Lipinski definition) is 8. The summed E-state index contributed by atoms with van der Waals surface area (Å²) in [5, 5.41) is 42.3. The first-order valence-electron chi connectivity index (χ1n) is 10.1. The number of benzene rings is 1. The number of anilines is 1. The maximum absolute atomic E-state index is 14.0. The number of ether oxygens (including phenoxy) is 1. The molecule has 2 aliphatic rings. The molecule has 5 atom stereocenters. The molecular weight excluding hydrogens is 445 g/mol. The van der Waals surface area contributed by atoms with E-state index >= 15 is 0 Å². The van der Waals surface area contributed by atoms with Crippen molar-refractivity contribution in [3.05, 3.63) is 59.4 Å². The first-order chi connectivity index (χ1) is 15.6. The number of aromatic nitrogens is 1. The van der Waals surface area contributed by atoms with Gasteiger partial charge in [-0.05, 0) is 35.4 Å². The minimum Gasteiger partial charge on any atom is -0.394 e. The summed E-state index contributed by atoms with van der Waals surface area (Å²) in [6.45, 7) is -0.631. The monoisotopic (exact) mass is 466 g/mol. The number of hydrogen-bond donors (Lipinski definition) is 5. The minimum atomic E-state index is -4.82. The van der Waals surface area contributed by atoms with E-state index < -0.39 is 60.4 Å². The molecule has 0 amide bonds. The molecule has 1 aromatic heterocycles. The highest BCUT2D eigenvalue weighted by Gasteiger charge is 2.45. The fraction of sp³-hybridized carbons (Fsp3) is 0.364. The fourth-order valence-corrected chi connectivity index (χ4v) is 4.13. The fourth-order valence-electron chi connectivity index (χ4n) is 4.13. The molecule has 1 saturated heterocycles. The number of carbonyl (C=O) groups is 1. The molecule has 1 aliphatic carbocycles. The van der Waals surface area contributed by atoms with E-state index in [1.165, 1.54) is 42.6 Å². The molecule has 0 radical (unpaired) electrons. The molecule has 2 aromatic rings. The van der Waals surface area contributed by atoms with Crippen molar-refractivity contribution in [1.82, 2.24) is 4.98 Å². The van der Waals surface area contributed by atoms with Crippen LogP contribution in [0.1, 0.15) is 16.8 Å². The van der Waals surface area contributed by atoms with Crippen LogP contribution in [-0.2, 0) is 16.0 Å². The number of fused-ring (bicyclic) bond motifs is 1. The second kappa shape index (κ2) is 8.84. The Bertz CT molecular complexity index is 1080. The van der Waals surface area contributed by atoms with Crippen LogP contribution in [0.5, 0.6) is 0 Å². The number of ketones is 1. The molecule has 0 bridgehead atoms. The number of Topliss-reactive ketones (excluding diaryl/α,β-unsaturated/α-hetero) is 1. The molecule has 1 fully saturated rings. The molecule has 2 heterocycles. The lowest BCUT2D eigenvalue weighted by molar-refractivity contribution is -0.245. The van der Waals surface area contributed by atoms with Gasteiger partial charge in [-0.2, -0.15) is 13.2 Å². The van der Waals surface area contributed by atoms with Crippen LogP contribution in [0.2, 0.25) is 0 Å². The average Bonchev–Trinajstić information content (AvgIpc) is 2.78. The van der Waals surface area contributed by atoms with Gasteiger partial charge in [0, 0.05) is 18.3 Å². The van der Waals surface area contributed by atoms with E-state index in [0.717, 1.165) is 0 Å². The second-order valence-electron chi connectivity index (χ2n) is 7.83. The second-order valence-corrected chi connectivity index (χ2v) is 7.83. The highest BCUT2D eigenvalue weighted by atomic mass is 19.4. The smallest absolute Gasteiger partial charge is 0.394 e. The maximum atomic E-state index is 14.0. The Hall–Kier alpha value is -2.83. The van der Waals surface area contributed by atoms with E-state index in [1.54, 1.807) is 0 Å². The zero-order valence-corrected chi connectivity index (χ0v) is 17.0. The summed E-state index contributed by atoms with van der Waals surface area (Å²) < 4.78 is 47.2. The molecule has 11 heteroatoms. The van der Waals surface area contributed by atoms with Gasteiger partial charge in [-0.25, -0.2) is 0 Å². The Balaban J connectivity index is 1.71. The predicted octanol–water partition coefficient (Wildman–Crippen LogP) is 0.892. The normalized spacial score (nSPS) is 28.0. The van der Waals surface area contributed by atoms with Crippen molar-refractivity contribution in [2.75, 3.05) is 11.9 Å². The molecular formula is C22H21F3N2O6. The highest BCUT2D eigenvalue weighted by Crippen LogP contribution is 2.44. The lowest BCUT2D eigenvalue weighted by atomic mass is 9.82. The van der Waals surface area contributed by atoms with Crippen molar-refractivity contribution in [3.63, 3.8) is 0 Å². The molecule has 33 heavy (non-hydrogen) atoms. The molecule has 4 rings (SSSR count). The van der Waals surface area contributed by atoms with Crippen molar-refractivity contribution in [3.8, 4) is 0 Å². The third-order valence-corrected chi connectivity index (χ3v) is 5.69. The molecule has 0 saturated carbocycles. The third-order valence-electron chi connectivity index (χ3n) is 5.69. The van der Waals surface area contributed by atoms with Crippen LogP contribution >= 0.6 is 0 Å². The standard InChI is InChI=1S/C22H21F3N2O6/c23-22(24,25)17-12-5-4-11(27-18-20(31)19(30)15(9-28)33-21(18)32)7-10(12)8-14(29)16(17)13-3-1-2-6-26-13/h1-7,15,18-21,27-28,30-32H,8-9H2/t15?,18?,19-,20-,21?/m1/s1. The Morgan fingerprint density at radius 2 is 1.88 bits per heavy atom. The summed E-state index contributed by atoms with van der Waals surface area (Å²) >= 11 is 0. The van der Waals surface area contributed by atoms with Gasteiger partial charge >= 0.3 is 6.18 Å². The molecule has 3 unspecified atom stereocenters. The Morgan fingerprint density at radius 3 is 2.52 bits per heavy atom. The number of aliphatic hydroxyl groups excluding tert-OH is 4. The van der Waals surface area contributed by atoms with E-state index in [2.05, 4.69) is 10.3 Å². The van der Waals surface area contributed by atoms with Gasteiger partial charge in [-0.3, -0.25) is 9.78 Å². The highest BCUT2D eigenvalue weighted by molar-refractivity contribution is 6.30. The summed E-state index contributed by atoms with van der Waals surface area (Å²) in [6.07, 6.45) is -9.67. The van der Waals surface area contributed by atoms with Gasteiger partial charge in [-0.1, -0.05) is 12.1 Å². The zero-order chi connectivity index (χ0) is 23.9. The summed E-state index contributed by atoms with van der Waals surface area (Å²) in [7, 11) is 0. The number of nitrogens with zero attached hydrogens (tertiary/aromatic N) is 1. The number of halogens is 3. The van der Waals surface area contributed by atoms with Crippen molar-refractivity contribution in [1.29, 1.82) is 0 Å².